The Kier molecular flexibility index (Phi) is 16.3. The minimum Gasteiger partial charge on any atom is -0.329 e. The van der Waals surface area contributed by atoms with Crippen molar-refractivity contribution >= 4 is 0 Å². The molecular weight excluding hydrogens is 298 g/mol. The highest BCUT2D eigenvalue weighted by molar-refractivity contribution is 4.55. The average molecular weight is 335 g/mol. The lowest BCUT2D eigenvalue weighted by Gasteiger charge is -2.30. The van der Waals surface area contributed by atoms with Crippen LogP contribution in [0, 0.1) is 0 Å². The summed E-state index contributed by atoms with van der Waals surface area (Å²) in [5.74, 6) is -1.04. The van der Waals surface area contributed by atoms with Crippen LogP contribution in [0.5, 0.6) is 0 Å². The highest BCUT2D eigenvalue weighted by Gasteiger charge is 2.26. The minimum atomic E-state index is -1.04. The van der Waals surface area contributed by atoms with Gasteiger partial charge in [0.05, 0.1) is 19.8 Å². The van der Waals surface area contributed by atoms with Crippen molar-refractivity contribution in [3.8, 4) is 0 Å². The van der Waals surface area contributed by atoms with Crippen LogP contribution in [0.1, 0.15) is 20.3 Å². The largest absolute Gasteiger partial charge is 0.329 e. The van der Waals surface area contributed by atoms with Crippen molar-refractivity contribution in [2.24, 2.45) is 11.5 Å². The van der Waals surface area contributed by atoms with E-state index in [2.05, 4.69) is 22.9 Å². The van der Waals surface area contributed by atoms with Crippen LogP contribution in [-0.4, -0.2) is 78.2 Å². The summed E-state index contributed by atoms with van der Waals surface area (Å²) >= 11 is 0. The van der Waals surface area contributed by atoms with Gasteiger partial charge in [-0.3, -0.25) is 0 Å². The maximum absolute atomic E-state index is 5.78. The number of hydrogen-bond donors (Lipinski definition) is 5. The van der Waals surface area contributed by atoms with Crippen LogP contribution in [0.2, 0.25) is 0 Å². The monoisotopic (exact) mass is 335 g/mol. The van der Waals surface area contributed by atoms with Gasteiger partial charge in [-0.1, -0.05) is 6.92 Å². The van der Waals surface area contributed by atoms with E-state index in [0.717, 1.165) is 32.6 Å². The molecule has 0 atom stereocenters. The second-order valence-corrected chi connectivity index (χ2v) is 5.24. The zero-order valence-corrected chi connectivity index (χ0v) is 14.9. The van der Waals surface area contributed by atoms with Crippen LogP contribution in [0.25, 0.3) is 0 Å². The van der Waals surface area contributed by atoms with E-state index in [0.29, 0.717) is 46.0 Å². The van der Waals surface area contributed by atoms with Gasteiger partial charge in [-0.2, -0.15) is 0 Å². The van der Waals surface area contributed by atoms with Crippen molar-refractivity contribution in [2.45, 2.75) is 26.2 Å². The fourth-order valence-corrected chi connectivity index (χ4v) is 1.81. The molecule has 0 amide bonds. The Morgan fingerprint density at radius 3 is 1.43 bits per heavy atom. The van der Waals surface area contributed by atoms with Crippen molar-refractivity contribution < 1.29 is 14.2 Å². The van der Waals surface area contributed by atoms with E-state index in [9.17, 15) is 0 Å². The maximum atomic E-state index is 5.78. The van der Waals surface area contributed by atoms with Crippen LogP contribution in [0.4, 0.5) is 0 Å². The zero-order chi connectivity index (χ0) is 17.2. The number of nitrogens with one attached hydrogen (secondary N) is 3. The van der Waals surface area contributed by atoms with Crippen LogP contribution in [-0.2, 0) is 14.2 Å². The van der Waals surface area contributed by atoms with Gasteiger partial charge in [-0.15, -0.1) is 0 Å². The number of hydrogen-bond acceptors (Lipinski definition) is 8. The predicted octanol–water partition coefficient (Wildman–Crippen LogP) is -1.19. The Morgan fingerprint density at radius 1 is 0.696 bits per heavy atom. The van der Waals surface area contributed by atoms with E-state index in [-0.39, 0.29) is 0 Å². The van der Waals surface area contributed by atoms with Crippen molar-refractivity contribution in [3.05, 3.63) is 0 Å². The molecule has 8 nitrogen and oxygen atoms in total. The van der Waals surface area contributed by atoms with Gasteiger partial charge >= 0.3 is 0 Å². The zero-order valence-electron chi connectivity index (χ0n) is 14.9. The Labute approximate surface area is 141 Å². The molecule has 0 bridgehead atoms. The van der Waals surface area contributed by atoms with E-state index in [4.69, 9.17) is 25.7 Å². The van der Waals surface area contributed by atoms with Crippen molar-refractivity contribution in [1.82, 2.24) is 16.0 Å². The lowest BCUT2D eigenvalue weighted by molar-refractivity contribution is -0.368. The molecule has 0 aromatic rings. The van der Waals surface area contributed by atoms with E-state index in [1.165, 1.54) is 0 Å². The van der Waals surface area contributed by atoms with Gasteiger partial charge in [0.25, 0.3) is 5.97 Å². The van der Waals surface area contributed by atoms with E-state index >= 15 is 0 Å². The smallest absolute Gasteiger partial charge is 0.280 e. The van der Waals surface area contributed by atoms with Crippen LogP contribution in [0.15, 0.2) is 0 Å². The predicted molar refractivity (Wildman–Crippen MR) is 93.3 cm³/mol. The van der Waals surface area contributed by atoms with Gasteiger partial charge in [0, 0.05) is 52.7 Å². The molecule has 0 aliphatic rings. The third kappa shape index (κ3) is 15.0. The third-order valence-corrected chi connectivity index (χ3v) is 3.00. The second-order valence-electron chi connectivity index (χ2n) is 5.24. The molecule has 0 aromatic heterocycles. The molecule has 8 heteroatoms. The summed E-state index contributed by atoms with van der Waals surface area (Å²) in [6, 6.07) is 0. The lowest BCUT2D eigenvalue weighted by atomic mass is 10.5. The molecule has 0 aliphatic heterocycles. The lowest BCUT2D eigenvalue weighted by Crippen LogP contribution is -2.41. The fraction of sp³-hybridized carbons (Fsp3) is 1.00. The Hall–Kier alpha value is -0.320. The molecule has 140 valence electrons. The first kappa shape index (κ1) is 22.7. The molecule has 0 aromatic carbocycles. The SMILES string of the molecule is CCCNCCOC(C)(OCCNCCN)OCCNCCN. The first-order valence-corrected chi connectivity index (χ1v) is 8.62. The molecule has 0 heterocycles. The molecular formula is C15H37N5O3. The van der Waals surface area contributed by atoms with Crippen molar-refractivity contribution in [2.75, 3.05) is 72.2 Å². The van der Waals surface area contributed by atoms with E-state index in [1.54, 1.807) is 6.92 Å². The Morgan fingerprint density at radius 2 is 1.09 bits per heavy atom. The van der Waals surface area contributed by atoms with Crippen LogP contribution >= 0.6 is 0 Å². The van der Waals surface area contributed by atoms with E-state index < -0.39 is 5.97 Å². The molecule has 0 unspecified atom stereocenters. The highest BCUT2D eigenvalue weighted by Crippen LogP contribution is 2.13. The van der Waals surface area contributed by atoms with Crippen LogP contribution in [0.3, 0.4) is 0 Å². The first-order chi connectivity index (χ1) is 11.2. The molecule has 0 fully saturated rings. The number of rotatable bonds is 18. The summed E-state index contributed by atoms with van der Waals surface area (Å²) < 4.78 is 17.3. The quantitative estimate of drug-likeness (QED) is 0.157. The molecule has 0 aliphatic carbocycles. The number of nitrogens with two attached hydrogens (primary N) is 2. The molecule has 0 saturated heterocycles. The molecule has 0 spiro atoms. The van der Waals surface area contributed by atoms with Gasteiger partial charge < -0.3 is 41.6 Å². The van der Waals surface area contributed by atoms with E-state index in [1.807, 2.05) is 0 Å². The molecule has 7 N–H and O–H groups in total. The van der Waals surface area contributed by atoms with Gasteiger partial charge in [0.2, 0.25) is 0 Å². The highest BCUT2D eigenvalue weighted by atomic mass is 16.9. The van der Waals surface area contributed by atoms with Gasteiger partial charge in [-0.25, -0.2) is 0 Å². The first-order valence-electron chi connectivity index (χ1n) is 8.62. The second kappa shape index (κ2) is 16.5. The third-order valence-electron chi connectivity index (χ3n) is 3.00. The summed E-state index contributed by atoms with van der Waals surface area (Å²) in [7, 11) is 0. The summed E-state index contributed by atoms with van der Waals surface area (Å²) in [6.45, 7) is 11.4. The van der Waals surface area contributed by atoms with Gasteiger partial charge in [0.1, 0.15) is 0 Å². The normalized spacial score (nSPS) is 12.0. The Balaban J connectivity index is 4.00. The van der Waals surface area contributed by atoms with Crippen molar-refractivity contribution in [3.63, 3.8) is 0 Å². The van der Waals surface area contributed by atoms with Gasteiger partial charge in [-0.05, 0) is 13.0 Å². The molecule has 23 heavy (non-hydrogen) atoms. The molecule has 0 radical (unpaired) electrons. The average Bonchev–Trinajstić information content (AvgIpc) is 2.54. The Bertz CT molecular complexity index is 211. The minimum absolute atomic E-state index is 0.495. The van der Waals surface area contributed by atoms with Gasteiger partial charge in [0.15, 0.2) is 0 Å². The summed E-state index contributed by atoms with van der Waals surface area (Å²) in [6.07, 6.45) is 1.10. The van der Waals surface area contributed by atoms with Crippen LogP contribution < -0.4 is 27.4 Å². The fourth-order valence-electron chi connectivity index (χ4n) is 1.81. The molecule has 0 rings (SSSR count). The number of ether oxygens (including phenoxy) is 3. The maximum Gasteiger partial charge on any atom is 0.280 e. The standard InChI is InChI=1S/C15H37N5O3/c1-3-6-18-9-12-21-15(2,22-13-10-19-7-4-16)23-14-11-20-8-5-17/h18-20H,3-14,16-17H2,1-2H3. The molecule has 0 saturated carbocycles. The van der Waals surface area contributed by atoms with Crippen molar-refractivity contribution in [1.29, 1.82) is 0 Å². The topological polar surface area (TPSA) is 116 Å². The summed E-state index contributed by atoms with van der Waals surface area (Å²) in [5, 5.41) is 9.64. The summed E-state index contributed by atoms with van der Waals surface area (Å²) in [4.78, 5) is 0. The summed E-state index contributed by atoms with van der Waals surface area (Å²) in [5.41, 5.74) is 10.9.